The Balaban J connectivity index is 2.24. The third kappa shape index (κ3) is 3.36. The Morgan fingerprint density at radius 1 is 1.43 bits per heavy atom. The number of carboxylic acid groups (broad SMARTS) is 1. The van der Waals surface area contributed by atoms with Crippen LogP contribution < -0.4 is 4.72 Å². The maximum absolute atomic E-state index is 12.4. The first-order valence-electron chi connectivity index (χ1n) is 6.55. The molecule has 2 unspecified atom stereocenters. The van der Waals surface area contributed by atoms with Crippen molar-refractivity contribution in [3.8, 4) is 0 Å². The summed E-state index contributed by atoms with van der Waals surface area (Å²) in [5, 5.41) is 9.14. The van der Waals surface area contributed by atoms with Gasteiger partial charge in [0.05, 0.1) is 17.9 Å². The molecule has 2 heterocycles. The summed E-state index contributed by atoms with van der Waals surface area (Å²) in [6.07, 6.45) is 0.915. The number of aromatic nitrogens is 1. The highest BCUT2D eigenvalue weighted by Crippen LogP contribution is 2.22. The minimum atomic E-state index is -3.82. The molecule has 8 nitrogen and oxygen atoms in total. The highest BCUT2D eigenvalue weighted by Gasteiger charge is 2.32. The van der Waals surface area contributed by atoms with Gasteiger partial charge in [-0.3, -0.25) is 4.72 Å². The van der Waals surface area contributed by atoms with Crippen molar-refractivity contribution in [1.29, 1.82) is 0 Å². The lowest BCUT2D eigenvalue weighted by molar-refractivity contribution is -0.0439. The third-order valence-electron chi connectivity index (χ3n) is 3.26. The normalized spacial score (nSPS) is 24.0. The minimum absolute atomic E-state index is 0.0341. The molecule has 118 valence electrons. The van der Waals surface area contributed by atoms with Crippen LogP contribution in [0.3, 0.4) is 0 Å². The van der Waals surface area contributed by atoms with Crippen LogP contribution in [-0.4, -0.2) is 54.1 Å². The Bertz CT molecular complexity index is 629. The number of anilines is 1. The Labute approximate surface area is 123 Å². The van der Waals surface area contributed by atoms with Gasteiger partial charge in [0.1, 0.15) is 5.56 Å². The van der Waals surface area contributed by atoms with Crippen LogP contribution >= 0.6 is 0 Å². The number of aromatic amines is 1. The number of hydrogen-bond acceptors (Lipinski definition) is 4. The molecular weight excluding hydrogens is 298 g/mol. The molecule has 2 rings (SSSR count). The fourth-order valence-corrected chi connectivity index (χ4v) is 3.79. The van der Waals surface area contributed by atoms with Crippen molar-refractivity contribution in [3.05, 3.63) is 17.5 Å². The molecular formula is C12H19N3O5S. The second-order valence-electron chi connectivity index (χ2n) is 5.19. The molecule has 0 aliphatic carbocycles. The Morgan fingerprint density at radius 2 is 2.00 bits per heavy atom. The van der Waals surface area contributed by atoms with Crippen LogP contribution in [0, 0.1) is 6.92 Å². The molecule has 0 amide bonds. The van der Waals surface area contributed by atoms with Gasteiger partial charge < -0.3 is 14.8 Å². The second-order valence-corrected chi connectivity index (χ2v) is 6.86. The zero-order chi connectivity index (χ0) is 15.8. The zero-order valence-electron chi connectivity index (χ0n) is 12.1. The molecule has 0 spiro atoms. The van der Waals surface area contributed by atoms with E-state index in [0.717, 1.165) is 0 Å². The van der Waals surface area contributed by atoms with Crippen LogP contribution in [0.5, 0.6) is 0 Å². The standard InChI is InChI=1S/C12H19N3O5S/c1-7-5-15(6-8(2)20-7)21(18,19)14-10-4-13-9(3)11(10)12(16)17/h4,7-8,13-14H,5-6H2,1-3H3,(H,16,17). The summed E-state index contributed by atoms with van der Waals surface area (Å²) < 4.78 is 33.9. The average molecular weight is 317 g/mol. The van der Waals surface area contributed by atoms with E-state index in [9.17, 15) is 13.2 Å². The van der Waals surface area contributed by atoms with Gasteiger partial charge in [0.25, 0.3) is 0 Å². The number of morpholine rings is 1. The summed E-state index contributed by atoms with van der Waals surface area (Å²) >= 11 is 0. The van der Waals surface area contributed by atoms with Gasteiger partial charge in [0.15, 0.2) is 0 Å². The molecule has 3 N–H and O–H groups in total. The lowest BCUT2D eigenvalue weighted by Gasteiger charge is -2.34. The maximum Gasteiger partial charge on any atom is 0.339 e. The summed E-state index contributed by atoms with van der Waals surface area (Å²) in [6, 6.07) is 0. The van der Waals surface area contributed by atoms with Gasteiger partial charge in [-0.25, -0.2) is 4.79 Å². The monoisotopic (exact) mass is 317 g/mol. The van der Waals surface area contributed by atoms with Crippen molar-refractivity contribution in [3.63, 3.8) is 0 Å². The smallest absolute Gasteiger partial charge is 0.339 e. The summed E-state index contributed by atoms with van der Waals surface area (Å²) in [4.78, 5) is 13.9. The Kier molecular flexibility index (Phi) is 4.26. The van der Waals surface area contributed by atoms with Gasteiger partial charge in [-0.05, 0) is 20.8 Å². The highest BCUT2D eigenvalue weighted by atomic mass is 32.2. The highest BCUT2D eigenvalue weighted by molar-refractivity contribution is 7.90. The number of aromatic carboxylic acids is 1. The van der Waals surface area contributed by atoms with Crippen molar-refractivity contribution >= 4 is 21.9 Å². The molecule has 1 saturated heterocycles. The van der Waals surface area contributed by atoms with E-state index in [4.69, 9.17) is 9.84 Å². The predicted octanol–water partition coefficient (Wildman–Crippen LogP) is 0.787. The second kappa shape index (κ2) is 5.66. The molecule has 1 aliphatic heterocycles. The van der Waals surface area contributed by atoms with Crippen molar-refractivity contribution < 1.29 is 23.1 Å². The molecule has 1 fully saturated rings. The number of carboxylic acids is 1. The van der Waals surface area contributed by atoms with E-state index >= 15 is 0 Å². The number of rotatable bonds is 4. The Hall–Kier alpha value is -1.58. The van der Waals surface area contributed by atoms with Gasteiger partial charge >= 0.3 is 16.2 Å². The lowest BCUT2D eigenvalue weighted by Crippen LogP contribution is -2.50. The minimum Gasteiger partial charge on any atom is -0.478 e. The first kappa shape index (κ1) is 15.8. The summed E-state index contributed by atoms with van der Waals surface area (Å²) in [7, 11) is -3.82. The van der Waals surface area contributed by atoms with Crippen molar-refractivity contribution in [2.75, 3.05) is 17.8 Å². The van der Waals surface area contributed by atoms with Gasteiger partial charge in [-0.2, -0.15) is 12.7 Å². The van der Waals surface area contributed by atoms with E-state index in [1.807, 2.05) is 0 Å². The van der Waals surface area contributed by atoms with Crippen LogP contribution in [0.15, 0.2) is 6.20 Å². The molecule has 1 aromatic heterocycles. The SMILES string of the molecule is Cc1[nH]cc(NS(=O)(=O)N2CC(C)OC(C)C2)c1C(=O)O. The first-order valence-corrected chi connectivity index (χ1v) is 7.99. The lowest BCUT2D eigenvalue weighted by atomic mass is 10.2. The number of hydrogen-bond donors (Lipinski definition) is 3. The molecule has 21 heavy (non-hydrogen) atoms. The largest absolute Gasteiger partial charge is 0.478 e. The van der Waals surface area contributed by atoms with E-state index in [1.165, 1.54) is 10.5 Å². The quantitative estimate of drug-likeness (QED) is 0.760. The van der Waals surface area contributed by atoms with Crippen LogP contribution in [-0.2, 0) is 14.9 Å². The number of carbonyl (C=O) groups is 1. The van der Waals surface area contributed by atoms with E-state index < -0.39 is 16.2 Å². The Morgan fingerprint density at radius 3 is 2.52 bits per heavy atom. The van der Waals surface area contributed by atoms with Crippen LogP contribution in [0.25, 0.3) is 0 Å². The van der Waals surface area contributed by atoms with E-state index in [-0.39, 0.29) is 36.5 Å². The van der Waals surface area contributed by atoms with Gasteiger partial charge in [0.2, 0.25) is 0 Å². The van der Waals surface area contributed by atoms with E-state index in [2.05, 4.69) is 9.71 Å². The van der Waals surface area contributed by atoms with Gasteiger partial charge in [0, 0.05) is 25.0 Å². The van der Waals surface area contributed by atoms with Crippen LogP contribution in [0.4, 0.5) is 5.69 Å². The summed E-state index contributed by atoms with van der Waals surface area (Å²) in [5.74, 6) is -1.19. The van der Waals surface area contributed by atoms with Crippen molar-refractivity contribution in [2.45, 2.75) is 33.0 Å². The molecule has 0 aromatic carbocycles. The molecule has 0 saturated carbocycles. The summed E-state index contributed by atoms with van der Waals surface area (Å²) in [6.45, 7) is 5.61. The molecule has 9 heteroatoms. The number of nitrogens with zero attached hydrogens (tertiary/aromatic N) is 1. The van der Waals surface area contributed by atoms with Crippen molar-refractivity contribution in [1.82, 2.24) is 9.29 Å². The number of nitrogens with one attached hydrogen (secondary N) is 2. The number of ether oxygens (including phenoxy) is 1. The predicted molar refractivity (Wildman–Crippen MR) is 76.6 cm³/mol. The topological polar surface area (TPSA) is 112 Å². The third-order valence-corrected chi connectivity index (χ3v) is 4.71. The molecule has 1 aliphatic rings. The fourth-order valence-electron chi connectivity index (χ4n) is 2.41. The molecule has 1 aromatic rings. The van der Waals surface area contributed by atoms with Crippen molar-refractivity contribution in [2.24, 2.45) is 0 Å². The average Bonchev–Trinajstić information content (AvgIpc) is 2.68. The molecule has 0 bridgehead atoms. The summed E-state index contributed by atoms with van der Waals surface area (Å²) in [5.41, 5.74) is 0.351. The number of H-pyrrole nitrogens is 1. The van der Waals surface area contributed by atoms with Crippen LogP contribution in [0.1, 0.15) is 29.9 Å². The first-order chi connectivity index (χ1) is 9.70. The van der Waals surface area contributed by atoms with E-state index in [1.54, 1.807) is 20.8 Å². The molecule has 0 radical (unpaired) electrons. The van der Waals surface area contributed by atoms with Crippen LogP contribution in [0.2, 0.25) is 0 Å². The molecule has 2 atom stereocenters. The fraction of sp³-hybridized carbons (Fsp3) is 0.583. The van der Waals surface area contributed by atoms with E-state index in [0.29, 0.717) is 5.69 Å². The maximum atomic E-state index is 12.4. The number of aryl methyl sites for hydroxylation is 1. The van der Waals surface area contributed by atoms with Gasteiger partial charge in [-0.15, -0.1) is 0 Å². The zero-order valence-corrected chi connectivity index (χ0v) is 12.9. The van der Waals surface area contributed by atoms with Gasteiger partial charge in [-0.1, -0.05) is 0 Å².